The molecule has 2 aliphatic heterocycles. The third-order valence-corrected chi connectivity index (χ3v) is 13.1. The fraction of sp³-hybridized carbons (Fsp3) is 0.667. The van der Waals surface area contributed by atoms with Gasteiger partial charge in [-0.25, -0.2) is 4.79 Å². The van der Waals surface area contributed by atoms with Gasteiger partial charge in [0.1, 0.15) is 54.1 Å². The highest BCUT2D eigenvalue weighted by molar-refractivity contribution is 7.98. The zero-order chi connectivity index (χ0) is 54.9. The van der Waals surface area contributed by atoms with E-state index in [2.05, 4.69) is 31.9 Å². The summed E-state index contributed by atoms with van der Waals surface area (Å²) in [6.45, 7) is 10.1. The lowest BCUT2D eigenvalue weighted by molar-refractivity contribution is -0.145. The van der Waals surface area contributed by atoms with Crippen LogP contribution < -0.4 is 43.4 Å². The van der Waals surface area contributed by atoms with Gasteiger partial charge in [-0.1, -0.05) is 39.8 Å². The van der Waals surface area contributed by atoms with Crippen LogP contribution in [0.3, 0.4) is 0 Å². The van der Waals surface area contributed by atoms with Crippen molar-refractivity contribution in [3.05, 3.63) is 29.8 Å². The van der Waals surface area contributed by atoms with Gasteiger partial charge in [-0.15, -0.1) is 0 Å². The van der Waals surface area contributed by atoms with E-state index < -0.39 is 132 Å². The summed E-state index contributed by atoms with van der Waals surface area (Å²) in [6.07, 6.45) is -0.756. The predicted octanol–water partition coefficient (Wildman–Crippen LogP) is -2.28. The molecule has 1 aromatic carbocycles. The smallest absolute Gasteiger partial charge is 0.326 e. The molecule has 0 aromatic heterocycles. The van der Waals surface area contributed by atoms with Crippen molar-refractivity contribution in [1.29, 1.82) is 0 Å². The van der Waals surface area contributed by atoms with E-state index in [0.717, 1.165) is 0 Å². The molecule has 25 heteroatoms. The number of nitrogens with two attached hydrogens (primary N) is 2. The molecule has 0 bridgehead atoms. The van der Waals surface area contributed by atoms with Crippen LogP contribution in [-0.4, -0.2) is 181 Å². The first-order valence-electron chi connectivity index (χ1n) is 24.6. The minimum Gasteiger partial charge on any atom is -0.508 e. The Balaban J connectivity index is 1.84. The molecule has 0 aliphatic carbocycles. The van der Waals surface area contributed by atoms with Crippen LogP contribution in [0.2, 0.25) is 0 Å². The summed E-state index contributed by atoms with van der Waals surface area (Å²) in [5.74, 6) is -9.02. The molecule has 1 aromatic rings. The van der Waals surface area contributed by atoms with Crippen molar-refractivity contribution in [2.45, 2.75) is 166 Å². The van der Waals surface area contributed by atoms with Crippen LogP contribution in [0.5, 0.6) is 5.75 Å². The molecule has 0 saturated carbocycles. The van der Waals surface area contributed by atoms with Gasteiger partial charge in [0.15, 0.2) is 0 Å². The Bertz CT molecular complexity index is 2110. The number of aliphatic carboxylic acids is 1. The maximum atomic E-state index is 14.4. The average Bonchev–Trinajstić information content (AvgIpc) is 4.01. The molecule has 14 N–H and O–H groups in total. The number of carbonyl (C=O) groups is 10. The van der Waals surface area contributed by atoms with Gasteiger partial charge in [0.2, 0.25) is 53.2 Å². The third-order valence-electron chi connectivity index (χ3n) is 12.4. The van der Waals surface area contributed by atoms with Crippen molar-refractivity contribution in [2.75, 3.05) is 25.1 Å². The van der Waals surface area contributed by atoms with Crippen LogP contribution in [0, 0.1) is 11.8 Å². The van der Waals surface area contributed by atoms with Crippen LogP contribution in [0.4, 0.5) is 0 Å². The minimum absolute atomic E-state index is 0.0664. The Labute approximate surface area is 429 Å². The van der Waals surface area contributed by atoms with Crippen LogP contribution >= 0.6 is 11.8 Å². The van der Waals surface area contributed by atoms with Crippen LogP contribution in [0.15, 0.2) is 24.3 Å². The third kappa shape index (κ3) is 18.7. The van der Waals surface area contributed by atoms with E-state index in [-0.39, 0.29) is 68.5 Å². The number of primary amides is 1. The number of aliphatic hydroxyl groups excluding tert-OH is 2. The second-order valence-electron chi connectivity index (χ2n) is 19.6. The number of thioether (sulfide) groups is 1. The van der Waals surface area contributed by atoms with Crippen LogP contribution in [0.1, 0.15) is 98.5 Å². The van der Waals surface area contributed by atoms with Gasteiger partial charge >= 0.3 is 5.97 Å². The van der Waals surface area contributed by atoms with Crippen molar-refractivity contribution < 1.29 is 68.4 Å². The Morgan fingerprint density at radius 3 is 1.63 bits per heavy atom. The van der Waals surface area contributed by atoms with Gasteiger partial charge in [0.25, 0.3) is 0 Å². The summed E-state index contributed by atoms with van der Waals surface area (Å²) in [4.78, 5) is 137. The molecule has 24 nitrogen and oxygen atoms in total. The number of hydrogen-bond donors (Lipinski definition) is 12. The number of likely N-dealkylation sites (tertiary alicyclic amines) is 2. The van der Waals surface area contributed by atoms with Gasteiger partial charge < -0.3 is 73.6 Å². The molecule has 2 heterocycles. The molecule has 0 radical (unpaired) electrons. The highest BCUT2D eigenvalue weighted by Crippen LogP contribution is 2.23. The molecule has 0 unspecified atom stereocenters. The summed E-state index contributed by atoms with van der Waals surface area (Å²) in [5.41, 5.74) is 12.1. The van der Waals surface area contributed by atoms with Gasteiger partial charge in [-0.05, 0) is 100 Å². The number of hydrogen-bond acceptors (Lipinski definition) is 15. The second kappa shape index (κ2) is 29.0. The predicted molar refractivity (Wildman–Crippen MR) is 268 cm³/mol. The SMILES string of the molecule is CSCC[C@H](NC(=O)[C@@H](NC(=O)[C@@H](NC(=O)[C@@H]1CCCN1C(=O)[C@@H](N)CC(C)C)[C@@H](C)O)[C@@H](C)O)C(=O)N[C@@H](CC(N)=O)C(=O)N[C@@H](Cc1ccc(O)cc1)C(=O)N1CCC[C@H]1C(=O)N[C@@H](CC(C)C)C(=O)O. The topological polar surface area (TPSA) is 382 Å². The molecule has 3 rings (SSSR count). The van der Waals surface area contributed by atoms with Crippen molar-refractivity contribution in [3.63, 3.8) is 0 Å². The quantitative estimate of drug-likeness (QED) is 0.0421. The fourth-order valence-corrected chi connectivity index (χ4v) is 9.15. The Kier molecular flexibility index (Phi) is 24.3. The second-order valence-corrected chi connectivity index (χ2v) is 20.6. The number of aromatic hydroxyl groups is 1. The highest BCUT2D eigenvalue weighted by atomic mass is 32.2. The monoisotopic (exact) mass is 1050 g/mol. The first kappa shape index (κ1) is 61.3. The highest BCUT2D eigenvalue weighted by Gasteiger charge is 2.42. The zero-order valence-corrected chi connectivity index (χ0v) is 43.4. The summed E-state index contributed by atoms with van der Waals surface area (Å²) in [7, 11) is 0. The lowest BCUT2D eigenvalue weighted by Crippen LogP contribution is -2.63. The van der Waals surface area contributed by atoms with Crippen molar-refractivity contribution in [2.24, 2.45) is 23.3 Å². The molecule has 2 fully saturated rings. The Morgan fingerprint density at radius 1 is 0.644 bits per heavy atom. The van der Waals surface area contributed by atoms with E-state index in [0.29, 0.717) is 24.8 Å². The average molecular weight is 1050 g/mol. The fourth-order valence-electron chi connectivity index (χ4n) is 8.68. The standard InChI is InChI=1S/C48H76N10O14S/c1-24(2)20-30(49)46(69)57-17-8-11-36(57)43(66)55-39(27(6)60)45(68)56-38(26(5)59)44(67)51-31(16-19-73-7)40(63)52-32(23-37(50)62)41(64)53-33(22-28-12-14-29(61)15-13-28)47(70)58-18-9-10-35(58)42(65)54-34(48(71)72)21-25(3)4/h12-15,24-27,30-36,38-39,59-61H,8-11,16-23,49H2,1-7H3,(H2,50,62)(H,51,67)(H,52,63)(H,53,64)(H,54,65)(H,55,66)(H,56,68)(H,71,72)/t26-,27-,30+,31+,32+,33+,34+,35+,36+,38+,39+/m1/s1. The van der Waals surface area contributed by atoms with Gasteiger partial charge in [0, 0.05) is 19.5 Å². The number of benzene rings is 1. The maximum Gasteiger partial charge on any atom is 0.326 e. The van der Waals surface area contributed by atoms with E-state index in [1.807, 2.05) is 13.8 Å². The zero-order valence-electron chi connectivity index (χ0n) is 42.6. The maximum absolute atomic E-state index is 14.4. The lowest BCUT2D eigenvalue weighted by atomic mass is 10.0. The van der Waals surface area contributed by atoms with Crippen LogP contribution in [-0.2, 0) is 54.4 Å². The lowest BCUT2D eigenvalue weighted by Gasteiger charge is -2.31. The summed E-state index contributed by atoms with van der Waals surface area (Å²) >= 11 is 1.28. The normalized spacial score (nSPS) is 19.3. The molecule has 0 spiro atoms. The number of rotatable bonds is 28. The van der Waals surface area contributed by atoms with E-state index in [1.54, 1.807) is 20.1 Å². The van der Waals surface area contributed by atoms with Crippen molar-refractivity contribution in [3.8, 4) is 5.75 Å². The van der Waals surface area contributed by atoms with Crippen molar-refractivity contribution >= 4 is 70.9 Å². The molecular weight excluding hydrogens is 973 g/mol. The van der Waals surface area contributed by atoms with E-state index in [1.165, 1.54) is 59.7 Å². The number of nitrogens with zero attached hydrogens (tertiary/aromatic N) is 2. The van der Waals surface area contributed by atoms with E-state index in [4.69, 9.17) is 11.5 Å². The largest absolute Gasteiger partial charge is 0.508 e. The van der Waals surface area contributed by atoms with E-state index in [9.17, 15) is 68.4 Å². The van der Waals surface area contributed by atoms with E-state index >= 15 is 0 Å². The molecular formula is C48H76N10O14S. The first-order valence-corrected chi connectivity index (χ1v) is 26.0. The number of aliphatic hydroxyl groups is 2. The molecule has 73 heavy (non-hydrogen) atoms. The molecule has 408 valence electrons. The summed E-state index contributed by atoms with van der Waals surface area (Å²) in [5, 5.41) is 55.8. The first-order chi connectivity index (χ1) is 34.2. The van der Waals surface area contributed by atoms with Gasteiger partial charge in [-0.2, -0.15) is 11.8 Å². The van der Waals surface area contributed by atoms with Gasteiger partial charge in [-0.3, -0.25) is 43.2 Å². The van der Waals surface area contributed by atoms with Crippen molar-refractivity contribution in [1.82, 2.24) is 41.7 Å². The number of carboxylic acid groups (broad SMARTS) is 1. The Morgan fingerprint density at radius 2 is 1.12 bits per heavy atom. The van der Waals surface area contributed by atoms with Gasteiger partial charge in [0.05, 0.1) is 24.7 Å². The molecule has 2 saturated heterocycles. The number of phenols is 1. The minimum atomic E-state index is -1.79. The number of carbonyl (C=O) groups excluding carboxylic acids is 9. The Hall–Kier alpha value is -6.05. The number of carboxylic acids is 1. The molecule has 2 aliphatic rings. The molecule has 9 amide bonds. The number of nitrogens with one attached hydrogen (secondary N) is 6. The summed E-state index contributed by atoms with van der Waals surface area (Å²) < 4.78 is 0. The van der Waals surface area contributed by atoms with Crippen LogP contribution in [0.25, 0.3) is 0 Å². The number of phenolic OH excluding ortho intramolecular Hbond substituents is 1. The molecule has 11 atom stereocenters. The summed E-state index contributed by atoms with van der Waals surface area (Å²) in [6, 6.07) is -6.66. The number of amides is 9.